The zero-order valence-electron chi connectivity index (χ0n) is 8.51. The highest BCUT2D eigenvalue weighted by molar-refractivity contribution is 5.91. The van der Waals surface area contributed by atoms with E-state index in [0.29, 0.717) is 13.2 Å². The number of anilines is 1. The predicted molar refractivity (Wildman–Crippen MR) is 57.6 cm³/mol. The minimum atomic E-state index is -0.323. The molecule has 1 aromatic rings. The lowest BCUT2D eigenvalue weighted by molar-refractivity contribution is 0.160. The summed E-state index contributed by atoms with van der Waals surface area (Å²) >= 11 is 0. The van der Waals surface area contributed by atoms with Crippen LogP contribution >= 0.6 is 0 Å². The highest BCUT2D eigenvalue weighted by Crippen LogP contribution is 2.23. The number of fused-ring (bicyclic) bond motifs is 1. The molecule has 1 aliphatic heterocycles. The molecule has 15 heavy (non-hydrogen) atoms. The van der Waals surface area contributed by atoms with Gasteiger partial charge in [-0.25, -0.2) is 4.79 Å². The molecule has 0 N–H and O–H groups in total. The van der Waals surface area contributed by atoms with E-state index >= 15 is 0 Å². The lowest BCUT2D eigenvalue weighted by Crippen LogP contribution is -2.33. The monoisotopic (exact) mass is 204 g/mol. The second-order valence-electron chi connectivity index (χ2n) is 3.12. The summed E-state index contributed by atoms with van der Waals surface area (Å²) in [4.78, 5) is 17.4. The van der Waals surface area contributed by atoms with Crippen LogP contribution < -0.4 is 4.90 Å². The maximum atomic E-state index is 11.6. The molecule has 1 amide bonds. The second kappa shape index (κ2) is 4.13. The van der Waals surface area contributed by atoms with Crippen molar-refractivity contribution in [3.05, 3.63) is 30.1 Å². The van der Waals surface area contributed by atoms with E-state index in [0.717, 1.165) is 11.4 Å². The van der Waals surface area contributed by atoms with Gasteiger partial charge in [0.05, 0.1) is 18.0 Å². The van der Waals surface area contributed by atoms with E-state index in [-0.39, 0.29) is 6.09 Å². The molecule has 0 aliphatic carbocycles. The number of nitrogens with zero attached hydrogens (tertiary/aromatic N) is 2. The number of hydrogen-bond donors (Lipinski definition) is 0. The number of aromatic nitrogens is 1. The van der Waals surface area contributed by atoms with E-state index in [1.807, 2.05) is 24.3 Å². The van der Waals surface area contributed by atoms with Crippen LogP contribution in [-0.2, 0) is 4.74 Å². The number of ether oxygens (including phenoxy) is 1. The van der Waals surface area contributed by atoms with E-state index in [2.05, 4.69) is 4.98 Å². The first-order valence-electron chi connectivity index (χ1n) is 4.88. The lowest BCUT2D eigenvalue weighted by Gasteiger charge is -2.24. The Kier molecular flexibility index (Phi) is 2.67. The van der Waals surface area contributed by atoms with Gasteiger partial charge in [0.15, 0.2) is 0 Å². The number of carbonyl (C=O) groups is 1. The minimum absolute atomic E-state index is 0.323. The average molecular weight is 204 g/mol. The van der Waals surface area contributed by atoms with Gasteiger partial charge in [0.1, 0.15) is 0 Å². The summed E-state index contributed by atoms with van der Waals surface area (Å²) in [5, 5.41) is 0. The first kappa shape index (κ1) is 9.71. The zero-order valence-corrected chi connectivity index (χ0v) is 8.51. The topological polar surface area (TPSA) is 42.4 Å². The van der Waals surface area contributed by atoms with Crippen molar-refractivity contribution in [3.63, 3.8) is 0 Å². The van der Waals surface area contributed by atoms with Crippen LogP contribution in [0.4, 0.5) is 10.5 Å². The third kappa shape index (κ3) is 1.83. The van der Waals surface area contributed by atoms with Crippen molar-refractivity contribution in [3.8, 4) is 0 Å². The third-order valence-corrected chi connectivity index (χ3v) is 2.16. The normalized spacial score (nSPS) is 13.5. The van der Waals surface area contributed by atoms with Crippen LogP contribution in [0, 0.1) is 0 Å². The summed E-state index contributed by atoms with van der Waals surface area (Å²) in [6.07, 6.45) is 5.19. The molecule has 0 radical (unpaired) electrons. The quantitative estimate of drug-likeness (QED) is 0.703. The Hall–Kier alpha value is -1.84. The van der Waals surface area contributed by atoms with Gasteiger partial charge in [-0.2, -0.15) is 0 Å². The lowest BCUT2D eigenvalue weighted by atomic mass is 10.2. The summed E-state index contributed by atoms with van der Waals surface area (Å²) in [6, 6.07) is 3.67. The highest BCUT2D eigenvalue weighted by Gasteiger charge is 2.20. The highest BCUT2D eigenvalue weighted by atomic mass is 16.6. The molecule has 0 atom stereocenters. The maximum Gasteiger partial charge on any atom is 0.414 e. The fourth-order valence-electron chi connectivity index (χ4n) is 1.51. The number of pyridine rings is 1. The maximum absolute atomic E-state index is 11.6. The first-order chi connectivity index (χ1) is 7.33. The number of rotatable bonds is 1. The Morgan fingerprint density at radius 2 is 2.53 bits per heavy atom. The first-order valence-corrected chi connectivity index (χ1v) is 4.88. The van der Waals surface area contributed by atoms with Gasteiger partial charge in [-0.1, -0.05) is 6.08 Å². The molecule has 2 heterocycles. The molecule has 0 aromatic carbocycles. The minimum Gasteiger partial charge on any atom is -0.449 e. The average Bonchev–Trinajstić information content (AvgIpc) is 2.28. The molecule has 0 spiro atoms. The molecule has 4 nitrogen and oxygen atoms in total. The van der Waals surface area contributed by atoms with Crippen molar-refractivity contribution < 1.29 is 9.53 Å². The van der Waals surface area contributed by atoms with Crippen LogP contribution in [-0.4, -0.2) is 24.2 Å². The van der Waals surface area contributed by atoms with E-state index in [1.165, 1.54) is 0 Å². The molecule has 4 heteroatoms. The van der Waals surface area contributed by atoms with E-state index in [4.69, 9.17) is 4.74 Å². The van der Waals surface area contributed by atoms with Crippen molar-refractivity contribution >= 4 is 17.9 Å². The smallest absolute Gasteiger partial charge is 0.414 e. The molecule has 1 aliphatic rings. The van der Waals surface area contributed by atoms with Crippen LogP contribution in [0.15, 0.2) is 24.4 Å². The van der Waals surface area contributed by atoms with Gasteiger partial charge in [0, 0.05) is 12.7 Å². The molecule has 0 saturated heterocycles. The van der Waals surface area contributed by atoms with Crippen LogP contribution in [0.3, 0.4) is 0 Å². The molecule has 1 aromatic heterocycles. The zero-order chi connectivity index (χ0) is 10.7. The molecule has 78 valence electrons. The Bertz CT molecular complexity index is 401. The van der Waals surface area contributed by atoms with Crippen molar-refractivity contribution in [2.75, 3.05) is 18.1 Å². The Morgan fingerprint density at radius 1 is 1.67 bits per heavy atom. The molecule has 0 unspecified atom stereocenters. The van der Waals surface area contributed by atoms with Gasteiger partial charge < -0.3 is 4.74 Å². The van der Waals surface area contributed by atoms with Gasteiger partial charge in [0.2, 0.25) is 0 Å². The fourth-order valence-corrected chi connectivity index (χ4v) is 1.51. The van der Waals surface area contributed by atoms with Gasteiger partial charge in [-0.15, -0.1) is 0 Å². The van der Waals surface area contributed by atoms with Crippen LogP contribution in [0.1, 0.15) is 12.6 Å². The SMILES string of the molecule is CCOC(=O)N1CC=Cc2ncccc21. The molecular weight excluding hydrogens is 192 g/mol. The van der Waals surface area contributed by atoms with Gasteiger partial charge >= 0.3 is 6.09 Å². The number of hydrogen-bond acceptors (Lipinski definition) is 3. The van der Waals surface area contributed by atoms with Crippen molar-refractivity contribution in [1.82, 2.24) is 4.98 Å². The van der Waals surface area contributed by atoms with E-state index < -0.39 is 0 Å². The Morgan fingerprint density at radius 3 is 3.33 bits per heavy atom. The number of amides is 1. The summed E-state index contributed by atoms with van der Waals surface area (Å²) < 4.78 is 4.96. The van der Waals surface area contributed by atoms with Crippen molar-refractivity contribution in [1.29, 1.82) is 0 Å². The summed E-state index contributed by atoms with van der Waals surface area (Å²) in [5.74, 6) is 0. The molecular formula is C11H12N2O2. The van der Waals surface area contributed by atoms with Crippen LogP contribution in [0.5, 0.6) is 0 Å². The molecule has 0 fully saturated rings. The van der Waals surface area contributed by atoms with Crippen LogP contribution in [0.2, 0.25) is 0 Å². The molecule has 2 rings (SSSR count). The second-order valence-corrected chi connectivity index (χ2v) is 3.12. The summed E-state index contributed by atoms with van der Waals surface area (Å²) in [7, 11) is 0. The largest absolute Gasteiger partial charge is 0.449 e. The van der Waals surface area contributed by atoms with E-state index in [1.54, 1.807) is 18.0 Å². The Labute approximate surface area is 88.2 Å². The van der Waals surface area contributed by atoms with Gasteiger partial charge in [-0.05, 0) is 25.1 Å². The Balaban J connectivity index is 2.30. The van der Waals surface area contributed by atoms with E-state index in [9.17, 15) is 4.79 Å². The summed E-state index contributed by atoms with van der Waals surface area (Å²) in [5.41, 5.74) is 1.61. The molecule has 0 bridgehead atoms. The third-order valence-electron chi connectivity index (χ3n) is 2.16. The van der Waals surface area contributed by atoms with Gasteiger partial charge in [0.25, 0.3) is 0 Å². The van der Waals surface area contributed by atoms with Crippen LogP contribution in [0.25, 0.3) is 6.08 Å². The summed E-state index contributed by atoms with van der Waals surface area (Å²) in [6.45, 7) is 2.72. The molecule has 0 saturated carbocycles. The fraction of sp³-hybridized carbons (Fsp3) is 0.273. The number of carbonyl (C=O) groups excluding carboxylic acids is 1. The standard InChI is InChI=1S/C11H12N2O2/c1-2-15-11(14)13-8-4-5-9-10(13)6-3-7-12-9/h3-7H,2,8H2,1H3. The van der Waals surface area contributed by atoms with Crippen molar-refractivity contribution in [2.45, 2.75) is 6.92 Å². The van der Waals surface area contributed by atoms with Crippen molar-refractivity contribution in [2.24, 2.45) is 0 Å². The predicted octanol–water partition coefficient (Wildman–Crippen LogP) is 2.07. The van der Waals surface area contributed by atoms with Gasteiger partial charge in [-0.3, -0.25) is 9.88 Å².